The van der Waals surface area contributed by atoms with E-state index in [0.29, 0.717) is 13.2 Å². The minimum atomic E-state index is -1.96. The van der Waals surface area contributed by atoms with Crippen LogP contribution in [0.3, 0.4) is 0 Å². The number of aliphatic carboxylic acids is 1. The van der Waals surface area contributed by atoms with Gasteiger partial charge in [-0.15, -0.1) is 0 Å². The maximum Gasteiger partial charge on any atom is 0.337 e. The van der Waals surface area contributed by atoms with E-state index in [4.69, 9.17) is 9.84 Å². The average molecular weight is 274 g/mol. The zero-order valence-electron chi connectivity index (χ0n) is 11.3. The Morgan fingerprint density at radius 1 is 1.42 bits per heavy atom. The summed E-state index contributed by atoms with van der Waals surface area (Å²) in [4.78, 5) is 22.7. The summed E-state index contributed by atoms with van der Waals surface area (Å²) >= 11 is 0. The number of aliphatic hydroxyl groups is 1. The molecule has 1 amide bonds. The Bertz CT molecular complexity index is 332. The van der Waals surface area contributed by atoms with E-state index in [9.17, 15) is 14.7 Å². The fraction of sp³-hybridized carbons (Fsp3) is 0.833. The van der Waals surface area contributed by atoms with E-state index in [2.05, 4.69) is 10.6 Å². The highest BCUT2D eigenvalue weighted by Crippen LogP contribution is 2.14. The van der Waals surface area contributed by atoms with Gasteiger partial charge in [-0.25, -0.2) is 4.79 Å². The van der Waals surface area contributed by atoms with Gasteiger partial charge in [-0.2, -0.15) is 0 Å². The SMILES string of the molecule is CCCNC1COCC1C(=O)NCC(C)(O)C(=O)O. The molecule has 7 heteroatoms. The molecule has 4 N–H and O–H groups in total. The fourth-order valence-corrected chi connectivity index (χ4v) is 1.81. The molecule has 7 nitrogen and oxygen atoms in total. The second kappa shape index (κ2) is 6.83. The molecule has 0 bridgehead atoms. The Hall–Kier alpha value is -1.18. The summed E-state index contributed by atoms with van der Waals surface area (Å²) in [6, 6.07) is -0.0604. The van der Waals surface area contributed by atoms with E-state index in [1.807, 2.05) is 6.92 Å². The van der Waals surface area contributed by atoms with Crippen molar-refractivity contribution < 1.29 is 24.5 Å². The second-order valence-electron chi connectivity index (χ2n) is 5.00. The number of hydrogen-bond acceptors (Lipinski definition) is 5. The van der Waals surface area contributed by atoms with Crippen LogP contribution in [0.2, 0.25) is 0 Å². The molecule has 110 valence electrons. The van der Waals surface area contributed by atoms with E-state index in [-0.39, 0.29) is 24.4 Å². The van der Waals surface area contributed by atoms with Gasteiger partial charge in [-0.05, 0) is 19.9 Å². The normalized spacial score (nSPS) is 25.8. The lowest BCUT2D eigenvalue weighted by Gasteiger charge is -2.22. The molecule has 0 saturated carbocycles. The molecule has 3 unspecified atom stereocenters. The quantitative estimate of drug-likeness (QED) is 0.472. The van der Waals surface area contributed by atoms with Gasteiger partial charge >= 0.3 is 5.97 Å². The molecule has 0 spiro atoms. The maximum absolute atomic E-state index is 12.0. The lowest BCUT2D eigenvalue weighted by atomic mass is 10.0. The number of carboxylic acid groups (broad SMARTS) is 1. The number of nitrogens with one attached hydrogen (secondary N) is 2. The highest BCUT2D eigenvalue weighted by atomic mass is 16.5. The van der Waals surface area contributed by atoms with Crippen molar-refractivity contribution in [3.05, 3.63) is 0 Å². The monoisotopic (exact) mass is 274 g/mol. The Morgan fingerprint density at radius 3 is 2.68 bits per heavy atom. The van der Waals surface area contributed by atoms with Crippen LogP contribution in [0.5, 0.6) is 0 Å². The summed E-state index contributed by atoms with van der Waals surface area (Å²) in [7, 11) is 0. The average Bonchev–Trinajstić information content (AvgIpc) is 2.81. The third kappa shape index (κ3) is 4.45. The van der Waals surface area contributed by atoms with E-state index >= 15 is 0 Å². The van der Waals surface area contributed by atoms with Crippen LogP contribution in [0, 0.1) is 5.92 Å². The number of carbonyl (C=O) groups is 2. The number of ether oxygens (including phenoxy) is 1. The van der Waals surface area contributed by atoms with Gasteiger partial charge in [0.1, 0.15) is 0 Å². The van der Waals surface area contributed by atoms with Gasteiger partial charge in [0.25, 0.3) is 0 Å². The van der Waals surface area contributed by atoms with Crippen molar-refractivity contribution >= 4 is 11.9 Å². The molecule has 0 aliphatic carbocycles. The van der Waals surface area contributed by atoms with Crippen molar-refractivity contribution in [1.29, 1.82) is 0 Å². The smallest absolute Gasteiger partial charge is 0.337 e. The topological polar surface area (TPSA) is 108 Å². The van der Waals surface area contributed by atoms with Gasteiger partial charge < -0.3 is 25.6 Å². The van der Waals surface area contributed by atoms with Crippen LogP contribution in [0.25, 0.3) is 0 Å². The molecule has 1 aliphatic heterocycles. The Morgan fingerprint density at radius 2 is 2.11 bits per heavy atom. The van der Waals surface area contributed by atoms with Crippen molar-refractivity contribution in [2.24, 2.45) is 5.92 Å². The first-order valence-corrected chi connectivity index (χ1v) is 6.43. The molecule has 0 radical (unpaired) electrons. The van der Waals surface area contributed by atoms with E-state index in [0.717, 1.165) is 19.9 Å². The fourth-order valence-electron chi connectivity index (χ4n) is 1.81. The molecule has 1 saturated heterocycles. The van der Waals surface area contributed by atoms with Gasteiger partial charge in [0.15, 0.2) is 5.60 Å². The maximum atomic E-state index is 12.0. The number of rotatable bonds is 7. The molecule has 0 aromatic rings. The van der Waals surface area contributed by atoms with E-state index in [1.165, 1.54) is 0 Å². The molecule has 0 aromatic carbocycles. The van der Waals surface area contributed by atoms with Crippen LogP contribution in [0.15, 0.2) is 0 Å². The van der Waals surface area contributed by atoms with Crippen molar-refractivity contribution in [1.82, 2.24) is 10.6 Å². The van der Waals surface area contributed by atoms with Crippen LogP contribution >= 0.6 is 0 Å². The summed E-state index contributed by atoms with van der Waals surface area (Å²) in [6.07, 6.45) is 0.957. The molecule has 1 heterocycles. The van der Waals surface area contributed by atoms with Gasteiger partial charge in [0.05, 0.1) is 25.7 Å². The summed E-state index contributed by atoms with van der Waals surface area (Å²) in [5, 5.41) is 24.0. The first-order valence-electron chi connectivity index (χ1n) is 6.43. The molecule has 1 fully saturated rings. The Kier molecular flexibility index (Phi) is 5.71. The van der Waals surface area contributed by atoms with E-state index in [1.54, 1.807) is 0 Å². The Labute approximate surface area is 112 Å². The zero-order chi connectivity index (χ0) is 14.5. The van der Waals surface area contributed by atoms with E-state index < -0.39 is 11.6 Å². The third-order valence-corrected chi connectivity index (χ3v) is 3.14. The minimum absolute atomic E-state index is 0.0604. The lowest BCUT2D eigenvalue weighted by Crippen LogP contribution is -2.50. The predicted octanol–water partition coefficient (Wildman–Crippen LogP) is -1.05. The molecule has 1 rings (SSSR count). The van der Waals surface area contributed by atoms with Crippen molar-refractivity contribution in [2.75, 3.05) is 26.3 Å². The zero-order valence-corrected chi connectivity index (χ0v) is 11.3. The van der Waals surface area contributed by atoms with Crippen molar-refractivity contribution in [3.8, 4) is 0 Å². The Balaban J connectivity index is 2.46. The standard InChI is InChI=1S/C12H22N2O5/c1-3-4-13-9-6-19-5-8(9)10(15)14-7-12(2,18)11(16)17/h8-9,13,18H,3-7H2,1-2H3,(H,14,15)(H,16,17). The van der Waals surface area contributed by atoms with Crippen LogP contribution in [-0.4, -0.2) is 60.0 Å². The van der Waals surface area contributed by atoms with Crippen LogP contribution in [0.4, 0.5) is 0 Å². The van der Waals surface area contributed by atoms with Crippen LogP contribution in [0.1, 0.15) is 20.3 Å². The number of hydrogen-bond donors (Lipinski definition) is 4. The largest absolute Gasteiger partial charge is 0.479 e. The first-order chi connectivity index (χ1) is 8.88. The molecular formula is C12H22N2O5. The lowest BCUT2D eigenvalue weighted by molar-refractivity contribution is -0.156. The number of carbonyl (C=O) groups excluding carboxylic acids is 1. The summed E-state index contributed by atoms with van der Waals surface area (Å²) in [5.74, 6) is -2.01. The number of amides is 1. The second-order valence-corrected chi connectivity index (χ2v) is 5.00. The predicted molar refractivity (Wildman–Crippen MR) is 67.7 cm³/mol. The molecular weight excluding hydrogens is 252 g/mol. The van der Waals surface area contributed by atoms with Crippen LogP contribution < -0.4 is 10.6 Å². The van der Waals surface area contributed by atoms with Crippen LogP contribution in [-0.2, 0) is 14.3 Å². The summed E-state index contributed by atoms with van der Waals surface area (Å²) in [5.41, 5.74) is -1.96. The van der Waals surface area contributed by atoms with Gasteiger partial charge in [0.2, 0.25) is 5.91 Å². The summed E-state index contributed by atoms with van der Waals surface area (Å²) in [6.45, 7) is 4.42. The molecule has 1 aliphatic rings. The molecule has 0 aromatic heterocycles. The van der Waals surface area contributed by atoms with Gasteiger partial charge in [-0.1, -0.05) is 6.92 Å². The molecule has 19 heavy (non-hydrogen) atoms. The highest BCUT2D eigenvalue weighted by Gasteiger charge is 2.36. The van der Waals surface area contributed by atoms with Gasteiger partial charge in [-0.3, -0.25) is 4.79 Å². The highest BCUT2D eigenvalue weighted by molar-refractivity contribution is 5.82. The number of carboxylic acids is 1. The minimum Gasteiger partial charge on any atom is -0.479 e. The van der Waals surface area contributed by atoms with Crippen molar-refractivity contribution in [2.45, 2.75) is 31.9 Å². The summed E-state index contributed by atoms with van der Waals surface area (Å²) < 4.78 is 5.27. The van der Waals surface area contributed by atoms with Crippen molar-refractivity contribution in [3.63, 3.8) is 0 Å². The van der Waals surface area contributed by atoms with Gasteiger partial charge in [0, 0.05) is 6.04 Å². The molecule has 3 atom stereocenters. The third-order valence-electron chi connectivity index (χ3n) is 3.14. The first kappa shape index (κ1) is 15.9.